The van der Waals surface area contributed by atoms with Crippen molar-refractivity contribution in [2.75, 3.05) is 0 Å². The van der Waals surface area contributed by atoms with Crippen LogP contribution in [0.15, 0.2) is 40.6 Å². The van der Waals surface area contributed by atoms with Crippen molar-refractivity contribution in [3.8, 4) is 0 Å². The average Bonchev–Trinajstić information content (AvgIpc) is 2.39. The molecule has 90 valence electrons. The van der Waals surface area contributed by atoms with Gasteiger partial charge in [0.25, 0.3) is 0 Å². The second-order valence-corrected chi connectivity index (χ2v) is 4.32. The summed E-state index contributed by atoms with van der Waals surface area (Å²) in [7, 11) is 0. The summed E-state index contributed by atoms with van der Waals surface area (Å²) in [4.78, 5) is 11.5. The van der Waals surface area contributed by atoms with Crippen molar-refractivity contribution in [2.45, 2.75) is 38.1 Å². The van der Waals surface area contributed by atoms with Gasteiger partial charge in [0, 0.05) is 6.04 Å². The van der Waals surface area contributed by atoms with Crippen LogP contribution in [0.25, 0.3) is 0 Å². The summed E-state index contributed by atoms with van der Waals surface area (Å²) >= 11 is 0. The van der Waals surface area contributed by atoms with Gasteiger partial charge >= 0.3 is 6.03 Å². The van der Waals surface area contributed by atoms with Crippen molar-refractivity contribution in [3.05, 3.63) is 30.3 Å². The van der Waals surface area contributed by atoms with E-state index in [4.69, 9.17) is 0 Å². The topological polar surface area (TPSA) is 53.8 Å². The van der Waals surface area contributed by atoms with Crippen molar-refractivity contribution in [1.29, 1.82) is 0 Å². The fourth-order valence-corrected chi connectivity index (χ4v) is 2.05. The summed E-state index contributed by atoms with van der Waals surface area (Å²) in [5.41, 5.74) is 0.700. The average molecular weight is 231 g/mol. The van der Waals surface area contributed by atoms with E-state index < -0.39 is 0 Å². The highest BCUT2D eigenvalue weighted by molar-refractivity contribution is 5.74. The minimum atomic E-state index is -0.333. The molecule has 0 atom stereocenters. The van der Waals surface area contributed by atoms with Crippen LogP contribution in [0.1, 0.15) is 32.1 Å². The normalized spacial score (nSPS) is 17.2. The predicted octanol–water partition coefficient (Wildman–Crippen LogP) is 3.81. The van der Waals surface area contributed by atoms with Gasteiger partial charge in [-0.15, -0.1) is 5.11 Å². The lowest BCUT2D eigenvalue weighted by Crippen LogP contribution is -2.34. The van der Waals surface area contributed by atoms with Gasteiger partial charge in [0.2, 0.25) is 0 Å². The monoisotopic (exact) mass is 231 g/mol. The molecule has 4 heteroatoms. The Labute approximate surface area is 101 Å². The highest BCUT2D eigenvalue weighted by Crippen LogP contribution is 2.17. The Hall–Kier alpha value is -1.71. The van der Waals surface area contributed by atoms with E-state index in [1.54, 1.807) is 0 Å². The quantitative estimate of drug-likeness (QED) is 0.773. The minimum Gasteiger partial charge on any atom is -0.332 e. The van der Waals surface area contributed by atoms with E-state index in [0.717, 1.165) is 12.8 Å². The molecule has 0 bridgehead atoms. The third-order valence-corrected chi connectivity index (χ3v) is 2.95. The van der Waals surface area contributed by atoms with Crippen LogP contribution in [0.4, 0.5) is 10.5 Å². The molecule has 1 saturated carbocycles. The van der Waals surface area contributed by atoms with Crippen molar-refractivity contribution < 1.29 is 4.79 Å². The van der Waals surface area contributed by atoms with Crippen LogP contribution in [0, 0.1) is 0 Å². The zero-order valence-electron chi connectivity index (χ0n) is 9.80. The van der Waals surface area contributed by atoms with Gasteiger partial charge in [-0.3, -0.25) is 0 Å². The molecule has 0 spiro atoms. The first kappa shape index (κ1) is 11.8. The molecule has 1 aliphatic carbocycles. The van der Waals surface area contributed by atoms with Crippen LogP contribution in [0.2, 0.25) is 0 Å². The van der Waals surface area contributed by atoms with E-state index in [1.807, 2.05) is 30.3 Å². The molecule has 1 aliphatic rings. The second kappa shape index (κ2) is 6.13. The molecule has 0 heterocycles. The molecular formula is C13H17N3O. The SMILES string of the molecule is O=C(N=Nc1ccccc1)NC1CCCCC1. The van der Waals surface area contributed by atoms with Crippen LogP contribution in [0.5, 0.6) is 0 Å². The van der Waals surface area contributed by atoms with E-state index in [-0.39, 0.29) is 12.1 Å². The van der Waals surface area contributed by atoms with Crippen molar-refractivity contribution in [1.82, 2.24) is 5.32 Å². The summed E-state index contributed by atoms with van der Waals surface area (Å²) in [5.74, 6) is 0. The molecule has 0 saturated heterocycles. The molecule has 1 N–H and O–H groups in total. The molecule has 1 aromatic carbocycles. The molecule has 0 radical (unpaired) electrons. The van der Waals surface area contributed by atoms with E-state index in [9.17, 15) is 4.79 Å². The van der Waals surface area contributed by atoms with Crippen LogP contribution in [-0.2, 0) is 0 Å². The maximum absolute atomic E-state index is 11.5. The largest absolute Gasteiger partial charge is 0.359 e. The Morgan fingerprint density at radius 3 is 2.53 bits per heavy atom. The van der Waals surface area contributed by atoms with Gasteiger partial charge < -0.3 is 5.32 Å². The summed E-state index contributed by atoms with van der Waals surface area (Å²) < 4.78 is 0. The van der Waals surface area contributed by atoms with Gasteiger partial charge in [0.05, 0.1) is 5.69 Å². The maximum atomic E-state index is 11.5. The third kappa shape index (κ3) is 3.98. The van der Waals surface area contributed by atoms with Gasteiger partial charge in [0.1, 0.15) is 0 Å². The molecule has 2 rings (SSSR count). The maximum Gasteiger partial charge on any atom is 0.359 e. The van der Waals surface area contributed by atoms with Crippen molar-refractivity contribution >= 4 is 11.7 Å². The first-order valence-corrected chi connectivity index (χ1v) is 6.12. The van der Waals surface area contributed by atoms with E-state index >= 15 is 0 Å². The lowest BCUT2D eigenvalue weighted by atomic mass is 9.96. The molecule has 17 heavy (non-hydrogen) atoms. The van der Waals surface area contributed by atoms with Gasteiger partial charge in [0.15, 0.2) is 0 Å². The molecular weight excluding hydrogens is 214 g/mol. The second-order valence-electron chi connectivity index (χ2n) is 4.32. The fourth-order valence-electron chi connectivity index (χ4n) is 2.05. The third-order valence-electron chi connectivity index (χ3n) is 2.95. The van der Waals surface area contributed by atoms with Crippen LogP contribution in [-0.4, -0.2) is 12.1 Å². The molecule has 2 amide bonds. The zero-order chi connectivity index (χ0) is 11.9. The summed E-state index contributed by atoms with van der Waals surface area (Å²) in [6, 6.07) is 9.23. The van der Waals surface area contributed by atoms with Gasteiger partial charge in [-0.25, -0.2) is 4.79 Å². The van der Waals surface area contributed by atoms with Crippen LogP contribution in [0.3, 0.4) is 0 Å². The summed E-state index contributed by atoms with van der Waals surface area (Å²) in [5, 5.41) is 10.4. The molecule has 0 aromatic heterocycles. The van der Waals surface area contributed by atoms with Gasteiger partial charge in [-0.05, 0) is 25.0 Å². The molecule has 0 unspecified atom stereocenters. The molecule has 1 fully saturated rings. The van der Waals surface area contributed by atoms with Crippen molar-refractivity contribution in [2.24, 2.45) is 10.2 Å². The van der Waals surface area contributed by atoms with E-state index in [0.29, 0.717) is 5.69 Å². The Morgan fingerprint density at radius 1 is 1.12 bits per heavy atom. The number of carbonyl (C=O) groups is 1. The number of azo groups is 1. The Balaban J connectivity index is 1.82. The first-order valence-electron chi connectivity index (χ1n) is 6.12. The van der Waals surface area contributed by atoms with Gasteiger partial charge in [-0.2, -0.15) is 0 Å². The predicted molar refractivity (Wildman–Crippen MR) is 66.4 cm³/mol. The number of urea groups is 1. The first-order chi connectivity index (χ1) is 8.34. The number of nitrogens with one attached hydrogen (secondary N) is 1. The fraction of sp³-hybridized carbons (Fsp3) is 0.462. The lowest BCUT2D eigenvalue weighted by Gasteiger charge is -2.21. The Bertz CT molecular complexity index is 383. The van der Waals surface area contributed by atoms with E-state index in [1.165, 1.54) is 19.3 Å². The minimum absolute atomic E-state index is 0.283. The Kier molecular flexibility index (Phi) is 4.24. The van der Waals surface area contributed by atoms with Crippen LogP contribution < -0.4 is 5.32 Å². The number of carbonyl (C=O) groups excluding carboxylic acids is 1. The number of hydrogen-bond acceptors (Lipinski definition) is 2. The highest BCUT2D eigenvalue weighted by Gasteiger charge is 2.14. The standard InChI is InChI=1S/C13H17N3O/c17-13(14-11-7-3-1-4-8-11)16-15-12-9-5-2-6-10-12/h2,5-6,9-11H,1,3-4,7-8H2,(H,14,17). The van der Waals surface area contributed by atoms with Gasteiger partial charge in [-0.1, -0.05) is 42.6 Å². The molecule has 0 aliphatic heterocycles. The van der Waals surface area contributed by atoms with Crippen molar-refractivity contribution in [3.63, 3.8) is 0 Å². The Morgan fingerprint density at radius 2 is 1.82 bits per heavy atom. The molecule has 1 aromatic rings. The summed E-state index contributed by atoms with van der Waals surface area (Å²) in [6.45, 7) is 0. The molecule has 4 nitrogen and oxygen atoms in total. The number of amides is 2. The smallest absolute Gasteiger partial charge is 0.332 e. The number of hydrogen-bond donors (Lipinski definition) is 1. The summed E-state index contributed by atoms with van der Waals surface area (Å²) in [6.07, 6.45) is 5.79. The number of rotatable bonds is 2. The number of nitrogens with zero attached hydrogens (tertiary/aromatic N) is 2. The number of benzene rings is 1. The highest BCUT2D eigenvalue weighted by atomic mass is 16.2. The van der Waals surface area contributed by atoms with Crippen LogP contribution >= 0.6 is 0 Å². The zero-order valence-corrected chi connectivity index (χ0v) is 9.80. The van der Waals surface area contributed by atoms with E-state index in [2.05, 4.69) is 15.5 Å². The lowest BCUT2D eigenvalue weighted by molar-refractivity contribution is 0.240.